The van der Waals surface area contributed by atoms with Crippen molar-refractivity contribution in [1.82, 2.24) is 0 Å². The number of hydrogen-bond donors (Lipinski definition) is 0. The van der Waals surface area contributed by atoms with Gasteiger partial charge in [0.05, 0.1) is 7.11 Å². The Kier molecular flexibility index (Phi) is 3.04. The lowest BCUT2D eigenvalue weighted by Crippen LogP contribution is -1.86. The van der Waals surface area contributed by atoms with Crippen molar-refractivity contribution in [3.63, 3.8) is 0 Å². The molecule has 0 N–H and O–H groups in total. The number of fused-ring (bicyclic) bond motifs is 4. The normalized spacial score (nSPS) is 11.4. The van der Waals surface area contributed by atoms with Gasteiger partial charge in [0, 0.05) is 16.3 Å². The molecule has 0 fully saturated rings. The van der Waals surface area contributed by atoms with Gasteiger partial charge in [-0.2, -0.15) is 0 Å². The molecule has 0 aliphatic rings. The molecular weight excluding hydrogens is 308 g/mol. The van der Waals surface area contributed by atoms with Gasteiger partial charge in [-0.1, -0.05) is 54.6 Å². The van der Waals surface area contributed by atoms with Crippen LogP contribution in [-0.2, 0) is 0 Å². The van der Waals surface area contributed by atoms with E-state index in [1.165, 1.54) is 21.7 Å². The second-order valence-corrected chi connectivity index (χ2v) is 6.17. The Labute approximate surface area is 145 Å². The molecule has 0 saturated heterocycles. The molecule has 5 rings (SSSR count). The summed E-state index contributed by atoms with van der Waals surface area (Å²) in [7, 11) is 1.69. The lowest BCUT2D eigenvalue weighted by molar-refractivity contribution is 0.415. The second kappa shape index (κ2) is 5.38. The molecule has 120 valence electrons. The van der Waals surface area contributed by atoms with E-state index in [1.807, 2.05) is 24.3 Å². The SMILES string of the molecule is COc1ccc(-c2c3ccccc3cc3oc4ccccc4c23)cc1. The minimum Gasteiger partial charge on any atom is -0.497 e. The molecule has 0 radical (unpaired) electrons. The molecule has 0 bridgehead atoms. The van der Waals surface area contributed by atoms with Gasteiger partial charge in [-0.3, -0.25) is 0 Å². The molecule has 2 heteroatoms. The zero-order valence-electron chi connectivity index (χ0n) is 13.8. The van der Waals surface area contributed by atoms with Crippen molar-refractivity contribution in [2.24, 2.45) is 0 Å². The van der Waals surface area contributed by atoms with Gasteiger partial charge in [0.2, 0.25) is 0 Å². The molecule has 5 aromatic rings. The molecular formula is C23H16O2. The van der Waals surface area contributed by atoms with E-state index in [4.69, 9.17) is 9.15 Å². The Bertz CT molecular complexity index is 1210. The number of benzene rings is 4. The molecule has 0 aliphatic heterocycles. The zero-order chi connectivity index (χ0) is 16.8. The fourth-order valence-electron chi connectivity index (χ4n) is 3.61. The van der Waals surface area contributed by atoms with E-state index in [2.05, 4.69) is 54.6 Å². The predicted molar refractivity (Wildman–Crippen MR) is 103 cm³/mol. The first kappa shape index (κ1) is 14.1. The van der Waals surface area contributed by atoms with Crippen LogP contribution in [0.4, 0.5) is 0 Å². The molecule has 2 nitrogen and oxygen atoms in total. The molecule has 0 saturated carbocycles. The number of para-hydroxylation sites is 1. The van der Waals surface area contributed by atoms with Gasteiger partial charge < -0.3 is 9.15 Å². The van der Waals surface area contributed by atoms with Gasteiger partial charge in [-0.15, -0.1) is 0 Å². The Morgan fingerprint density at radius 2 is 1.44 bits per heavy atom. The Hall–Kier alpha value is -3.26. The third-order valence-electron chi connectivity index (χ3n) is 4.77. The lowest BCUT2D eigenvalue weighted by atomic mass is 9.93. The highest BCUT2D eigenvalue weighted by molar-refractivity contribution is 6.20. The van der Waals surface area contributed by atoms with Crippen LogP contribution < -0.4 is 4.74 Å². The second-order valence-electron chi connectivity index (χ2n) is 6.17. The largest absolute Gasteiger partial charge is 0.497 e. The van der Waals surface area contributed by atoms with Crippen molar-refractivity contribution < 1.29 is 9.15 Å². The number of methoxy groups -OCH3 is 1. The third kappa shape index (κ3) is 2.11. The van der Waals surface area contributed by atoms with Gasteiger partial charge >= 0.3 is 0 Å². The summed E-state index contributed by atoms with van der Waals surface area (Å²) >= 11 is 0. The van der Waals surface area contributed by atoms with Crippen LogP contribution in [0.5, 0.6) is 5.75 Å². The van der Waals surface area contributed by atoms with Gasteiger partial charge in [0.25, 0.3) is 0 Å². The Morgan fingerprint density at radius 1 is 0.720 bits per heavy atom. The number of hydrogen-bond acceptors (Lipinski definition) is 2. The summed E-state index contributed by atoms with van der Waals surface area (Å²) in [5.74, 6) is 0.859. The van der Waals surface area contributed by atoms with Crippen LogP contribution in [0.1, 0.15) is 0 Å². The van der Waals surface area contributed by atoms with Gasteiger partial charge in [0.1, 0.15) is 16.9 Å². The average Bonchev–Trinajstić information content (AvgIpc) is 3.04. The molecule has 0 aliphatic carbocycles. The highest BCUT2D eigenvalue weighted by Crippen LogP contribution is 2.41. The van der Waals surface area contributed by atoms with Crippen molar-refractivity contribution in [2.75, 3.05) is 7.11 Å². The molecule has 25 heavy (non-hydrogen) atoms. The lowest BCUT2D eigenvalue weighted by Gasteiger charge is -2.10. The molecule has 0 amide bonds. The van der Waals surface area contributed by atoms with Gasteiger partial charge in [0.15, 0.2) is 0 Å². The van der Waals surface area contributed by atoms with Crippen LogP contribution in [0.25, 0.3) is 43.8 Å². The van der Waals surface area contributed by atoms with E-state index in [-0.39, 0.29) is 0 Å². The van der Waals surface area contributed by atoms with Crippen molar-refractivity contribution in [3.05, 3.63) is 78.9 Å². The van der Waals surface area contributed by atoms with Crippen molar-refractivity contribution in [3.8, 4) is 16.9 Å². The minimum atomic E-state index is 0.859. The quantitative estimate of drug-likeness (QED) is 0.374. The summed E-state index contributed by atoms with van der Waals surface area (Å²) in [5.41, 5.74) is 4.21. The summed E-state index contributed by atoms with van der Waals surface area (Å²) in [4.78, 5) is 0. The highest BCUT2D eigenvalue weighted by Gasteiger charge is 2.16. The zero-order valence-corrected chi connectivity index (χ0v) is 13.8. The molecule has 1 aromatic heterocycles. The van der Waals surface area contributed by atoms with E-state index in [0.717, 1.165) is 27.9 Å². The number of ether oxygens (including phenoxy) is 1. The standard InChI is InChI=1S/C23H16O2/c1-24-17-12-10-15(11-13-17)22-18-7-3-2-6-16(18)14-21-23(22)19-8-4-5-9-20(19)25-21/h2-14H,1H3. The van der Waals surface area contributed by atoms with E-state index >= 15 is 0 Å². The topological polar surface area (TPSA) is 22.4 Å². The average molecular weight is 324 g/mol. The fraction of sp³-hybridized carbons (Fsp3) is 0.0435. The predicted octanol–water partition coefficient (Wildman–Crippen LogP) is 6.41. The van der Waals surface area contributed by atoms with E-state index in [9.17, 15) is 0 Å². The molecule has 1 heterocycles. The maximum absolute atomic E-state index is 6.14. The molecule has 4 aromatic carbocycles. The van der Waals surface area contributed by atoms with E-state index in [1.54, 1.807) is 7.11 Å². The summed E-state index contributed by atoms with van der Waals surface area (Å²) in [5, 5.41) is 4.72. The highest BCUT2D eigenvalue weighted by atomic mass is 16.5. The monoisotopic (exact) mass is 324 g/mol. The summed E-state index contributed by atoms with van der Waals surface area (Å²) in [6.45, 7) is 0. The smallest absolute Gasteiger partial charge is 0.136 e. The Balaban J connectivity index is 1.98. The first-order chi connectivity index (χ1) is 12.3. The van der Waals surface area contributed by atoms with Gasteiger partial charge in [-0.25, -0.2) is 0 Å². The summed E-state index contributed by atoms with van der Waals surface area (Å²) < 4.78 is 11.5. The van der Waals surface area contributed by atoms with Crippen LogP contribution in [-0.4, -0.2) is 7.11 Å². The minimum absolute atomic E-state index is 0.859. The van der Waals surface area contributed by atoms with Crippen molar-refractivity contribution in [2.45, 2.75) is 0 Å². The number of furan rings is 1. The molecule has 0 unspecified atom stereocenters. The first-order valence-corrected chi connectivity index (χ1v) is 8.32. The maximum Gasteiger partial charge on any atom is 0.136 e. The summed E-state index contributed by atoms with van der Waals surface area (Å²) in [6, 6.07) is 27.1. The maximum atomic E-state index is 6.14. The van der Waals surface area contributed by atoms with Gasteiger partial charge in [-0.05, 0) is 40.6 Å². The van der Waals surface area contributed by atoms with Crippen molar-refractivity contribution >= 4 is 32.7 Å². The van der Waals surface area contributed by atoms with Crippen LogP contribution in [0, 0.1) is 0 Å². The summed E-state index contributed by atoms with van der Waals surface area (Å²) in [6.07, 6.45) is 0. The van der Waals surface area contributed by atoms with Crippen LogP contribution >= 0.6 is 0 Å². The fourth-order valence-corrected chi connectivity index (χ4v) is 3.61. The first-order valence-electron chi connectivity index (χ1n) is 8.32. The van der Waals surface area contributed by atoms with Crippen LogP contribution in [0.3, 0.4) is 0 Å². The van der Waals surface area contributed by atoms with Crippen LogP contribution in [0.2, 0.25) is 0 Å². The third-order valence-corrected chi connectivity index (χ3v) is 4.77. The Morgan fingerprint density at radius 3 is 2.24 bits per heavy atom. The molecule has 0 atom stereocenters. The van der Waals surface area contributed by atoms with E-state index < -0.39 is 0 Å². The number of rotatable bonds is 2. The molecule has 0 spiro atoms. The van der Waals surface area contributed by atoms with Crippen molar-refractivity contribution in [1.29, 1.82) is 0 Å². The van der Waals surface area contributed by atoms with Crippen LogP contribution in [0.15, 0.2) is 83.3 Å². The van der Waals surface area contributed by atoms with E-state index in [0.29, 0.717) is 0 Å².